The quantitative estimate of drug-likeness (QED) is 0.565. The molecule has 10 heteroatoms. The molecular formula is C22H19F4N3O3. The molecule has 3 aromatic rings. The lowest BCUT2D eigenvalue weighted by Crippen LogP contribution is -2.33. The van der Waals surface area contributed by atoms with Gasteiger partial charge in [0.2, 0.25) is 0 Å². The highest BCUT2D eigenvalue weighted by Gasteiger charge is 2.33. The number of halogens is 4. The fourth-order valence-electron chi connectivity index (χ4n) is 3.49. The van der Waals surface area contributed by atoms with Gasteiger partial charge in [-0.3, -0.25) is 14.6 Å². The number of rotatable bonds is 6. The van der Waals surface area contributed by atoms with Gasteiger partial charge < -0.3 is 15.4 Å². The smallest absolute Gasteiger partial charge is 0.392 e. The summed E-state index contributed by atoms with van der Waals surface area (Å²) < 4.78 is 55.0. The van der Waals surface area contributed by atoms with Crippen LogP contribution < -0.4 is 11.3 Å². The van der Waals surface area contributed by atoms with E-state index in [0.717, 1.165) is 47.0 Å². The summed E-state index contributed by atoms with van der Waals surface area (Å²) in [5.41, 5.74) is 3.65. The van der Waals surface area contributed by atoms with Crippen LogP contribution in [0.2, 0.25) is 0 Å². The zero-order valence-electron chi connectivity index (χ0n) is 16.8. The van der Waals surface area contributed by atoms with Crippen molar-refractivity contribution in [3.8, 4) is 0 Å². The van der Waals surface area contributed by atoms with Crippen molar-refractivity contribution in [2.24, 2.45) is 5.73 Å². The van der Waals surface area contributed by atoms with Gasteiger partial charge in [-0.15, -0.1) is 0 Å². The summed E-state index contributed by atoms with van der Waals surface area (Å²) in [6.07, 6.45) is -4.35. The van der Waals surface area contributed by atoms with Gasteiger partial charge >= 0.3 is 6.18 Å². The number of benzene rings is 1. The molecule has 0 aliphatic rings. The molecule has 0 unspecified atom stereocenters. The lowest BCUT2D eigenvalue weighted by Gasteiger charge is -2.25. The zero-order valence-corrected chi connectivity index (χ0v) is 16.8. The van der Waals surface area contributed by atoms with Crippen molar-refractivity contribution >= 4 is 5.91 Å². The van der Waals surface area contributed by atoms with Gasteiger partial charge in [0.05, 0.1) is 35.4 Å². The minimum absolute atomic E-state index is 0.0803. The van der Waals surface area contributed by atoms with Crippen molar-refractivity contribution < 1.29 is 27.5 Å². The molecule has 0 saturated heterocycles. The molecule has 0 aliphatic heterocycles. The van der Waals surface area contributed by atoms with Crippen LogP contribution >= 0.6 is 0 Å². The molecule has 1 amide bonds. The van der Waals surface area contributed by atoms with E-state index in [1.54, 1.807) is 0 Å². The number of carbonyl (C=O) groups is 1. The van der Waals surface area contributed by atoms with Gasteiger partial charge in [-0.2, -0.15) is 13.2 Å². The van der Waals surface area contributed by atoms with Crippen LogP contribution in [0, 0.1) is 5.82 Å². The molecular weight excluding hydrogens is 430 g/mol. The molecule has 0 bridgehead atoms. The third-order valence-electron chi connectivity index (χ3n) is 4.84. The third-order valence-corrected chi connectivity index (χ3v) is 4.84. The molecule has 2 heterocycles. The number of nitrogens with two attached hydrogens (primary N) is 1. The number of hydrogen-bond acceptors (Lipinski definition) is 4. The van der Waals surface area contributed by atoms with Gasteiger partial charge in [0.1, 0.15) is 5.82 Å². The summed E-state index contributed by atoms with van der Waals surface area (Å²) in [7, 11) is 0. The van der Waals surface area contributed by atoms with Crippen LogP contribution in [0.1, 0.15) is 45.7 Å². The van der Waals surface area contributed by atoms with E-state index in [-0.39, 0.29) is 29.1 Å². The fraction of sp³-hybridized carbons (Fsp3) is 0.227. The van der Waals surface area contributed by atoms with Gasteiger partial charge in [0.15, 0.2) is 0 Å². The van der Waals surface area contributed by atoms with Crippen molar-refractivity contribution in [3.63, 3.8) is 0 Å². The average Bonchev–Trinajstić information content (AvgIpc) is 2.71. The Labute approximate surface area is 180 Å². The number of aliphatic hydroxyl groups is 1. The Hall–Kier alpha value is -3.53. The number of amides is 1. The van der Waals surface area contributed by atoms with E-state index in [4.69, 9.17) is 5.73 Å². The highest BCUT2D eigenvalue weighted by molar-refractivity contribution is 5.94. The monoisotopic (exact) mass is 449 g/mol. The average molecular weight is 449 g/mol. The number of carbonyl (C=O) groups excluding carboxylic acids is 1. The maximum Gasteiger partial charge on any atom is 0.416 e. The fourth-order valence-corrected chi connectivity index (χ4v) is 3.49. The molecule has 0 fully saturated rings. The Morgan fingerprint density at radius 2 is 1.81 bits per heavy atom. The molecule has 2 aromatic heterocycles. The van der Waals surface area contributed by atoms with Crippen molar-refractivity contribution in [2.45, 2.75) is 31.7 Å². The molecule has 3 rings (SSSR count). The first-order valence-corrected chi connectivity index (χ1v) is 9.50. The number of nitrogens with zero attached hydrogens (tertiary/aromatic N) is 2. The van der Waals surface area contributed by atoms with Crippen LogP contribution in [0.5, 0.6) is 0 Å². The molecule has 0 radical (unpaired) electrons. The van der Waals surface area contributed by atoms with Gasteiger partial charge in [0.25, 0.3) is 11.5 Å². The van der Waals surface area contributed by atoms with Crippen molar-refractivity contribution in [1.82, 2.24) is 9.55 Å². The minimum atomic E-state index is -4.59. The van der Waals surface area contributed by atoms with Crippen molar-refractivity contribution in [1.29, 1.82) is 0 Å². The summed E-state index contributed by atoms with van der Waals surface area (Å²) in [4.78, 5) is 28.8. The number of aliphatic hydroxyl groups excluding tert-OH is 1. The lowest BCUT2D eigenvalue weighted by atomic mass is 9.87. The largest absolute Gasteiger partial charge is 0.416 e. The summed E-state index contributed by atoms with van der Waals surface area (Å²) in [6.45, 7) is 1.14. The first-order chi connectivity index (χ1) is 15.0. The number of alkyl halides is 3. The van der Waals surface area contributed by atoms with Crippen LogP contribution in [-0.4, -0.2) is 26.7 Å². The summed E-state index contributed by atoms with van der Waals surface area (Å²) in [5, 5.41) is 9.90. The van der Waals surface area contributed by atoms with Gasteiger partial charge in [-0.05, 0) is 42.8 Å². The molecule has 0 aliphatic carbocycles. The number of aromatic nitrogens is 2. The summed E-state index contributed by atoms with van der Waals surface area (Å²) >= 11 is 0. The number of primary amides is 1. The first-order valence-electron chi connectivity index (χ1n) is 9.50. The summed E-state index contributed by atoms with van der Waals surface area (Å²) in [5.74, 6) is -2.99. The van der Waals surface area contributed by atoms with E-state index < -0.39 is 41.0 Å². The van der Waals surface area contributed by atoms with E-state index in [9.17, 15) is 32.3 Å². The second kappa shape index (κ2) is 8.91. The molecule has 32 heavy (non-hydrogen) atoms. The maximum absolute atomic E-state index is 14.8. The van der Waals surface area contributed by atoms with Gasteiger partial charge in [0, 0.05) is 18.0 Å². The van der Waals surface area contributed by atoms with Gasteiger partial charge in [-0.25, -0.2) is 4.39 Å². The Morgan fingerprint density at radius 3 is 2.34 bits per heavy atom. The maximum atomic E-state index is 14.8. The van der Waals surface area contributed by atoms with Crippen LogP contribution in [0.4, 0.5) is 17.6 Å². The van der Waals surface area contributed by atoms with Crippen molar-refractivity contribution in [3.05, 3.63) is 99.0 Å². The lowest BCUT2D eigenvalue weighted by molar-refractivity contribution is -0.137. The van der Waals surface area contributed by atoms with Crippen molar-refractivity contribution in [2.75, 3.05) is 0 Å². The molecule has 6 nitrogen and oxygen atoms in total. The predicted molar refractivity (Wildman–Crippen MR) is 107 cm³/mol. The van der Waals surface area contributed by atoms with E-state index in [0.29, 0.717) is 0 Å². The zero-order chi connectivity index (χ0) is 23.6. The van der Waals surface area contributed by atoms with E-state index in [1.165, 1.54) is 19.2 Å². The Morgan fingerprint density at radius 1 is 1.16 bits per heavy atom. The predicted octanol–water partition coefficient (Wildman–Crippen LogP) is 3.06. The van der Waals surface area contributed by atoms with E-state index in [2.05, 4.69) is 4.98 Å². The highest BCUT2D eigenvalue weighted by atomic mass is 19.4. The minimum Gasteiger partial charge on any atom is -0.392 e. The molecule has 1 aromatic carbocycles. The molecule has 2 atom stereocenters. The Bertz CT molecular complexity index is 1190. The highest BCUT2D eigenvalue weighted by Crippen LogP contribution is 2.36. The first kappa shape index (κ1) is 23.1. The van der Waals surface area contributed by atoms with E-state index >= 15 is 0 Å². The Balaban J connectivity index is 2.37. The van der Waals surface area contributed by atoms with Crippen LogP contribution in [0.3, 0.4) is 0 Å². The normalized spacial score (nSPS) is 13.6. The number of hydrogen-bond donors (Lipinski definition) is 2. The van der Waals surface area contributed by atoms with Crippen LogP contribution in [0.25, 0.3) is 0 Å². The SMILES string of the molecule is C[C@H](O)Cn1c([C@H](c2ccc(C(F)(F)F)cc2)c2ncccc2F)c(C(N)=O)ccc1=O. The van der Waals surface area contributed by atoms with Crippen LogP contribution in [0.15, 0.2) is 59.5 Å². The molecule has 3 N–H and O–H groups in total. The molecule has 168 valence electrons. The topological polar surface area (TPSA) is 98.2 Å². The standard InChI is InChI=1S/C22H19F4N3O3/c1-12(30)11-29-17(31)9-8-15(21(27)32)20(29)18(19-16(23)3-2-10-28-19)13-4-6-14(7-5-13)22(24,25)26/h2-10,12,18,30H,11H2,1H3,(H2,27,32)/t12-,18+/m0/s1. The van der Waals surface area contributed by atoms with E-state index in [1.807, 2.05) is 0 Å². The third kappa shape index (κ3) is 4.70. The summed E-state index contributed by atoms with van der Waals surface area (Å²) in [6, 6.07) is 8.53. The number of pyridine rings is 2. The van der Waals surface area contributed by atoms with Gasteiger partial charge in [-0.1, -0.05) is 12.1 Å². The second-order valence-corrected chi connectivity index (χ2v) is 7.22. The molecule has 0 spiro atoms. The van der Waals surface area contributed by atoms with Crippen LogP contribution in [-0.2, 0) is 12.7 Å². The second-order valence-electron chi connectivity index (χ2n) is 7.22. The Kier molecular flexibility index (Phi) is 6.45. The molecule has 0 saturated carbocycles.